The Morgan fingerprint density at radius 3 is 2.14 bits per heavy atom. The third kappa shape index (κ3) is 3.29. The summed E-state index contributed by atoms with van der Waals surface area (Å²) in [5.41, 5.74) is 2.52. The molecule has 1 atom stereocenters. The van der Waals surface area contributed by atoms with Crippen LogP contribution in [-0.4, -0.2) is 43.0 Å². The Bertz CT molecular complexity index is 577. The lowest BCUT2D eigenvalue weighted by molar-refractivity contribution is 0.127. The summed E-state index contributed by atoms with van der Waals surface area (Å²) >= 11 is 6.48. The first-order valence-electron chi connectivity index (χ1n) is 7.47. The number of benzene rings is 2. The van der Waals surface area contributed by atoms with E-state index in [9.17, 15) is 0 Å². The highest BCUT2D eigenvalue weighted by molar-refractivity contribution is 6.31. The Morgan fingerprint density at radius 2 is 1.48 bits per heavy atom. The van der Waals surface area contributed by atoms with E-state index in [1.807, 2.05) is 12.1 Å². The van der Waals surface area contributed by atoms with Gasteiger partial charge in [0.1, 0.15) is 0 Å². The lowest BCUT2D eigenvalue weighted by Crippen LogP contribution is -2.46. The third-order valence-electron chi connectivity index (χ3n) is 4.22. The van der Waals surface area contributed by atoms with Gasteiger partial charge in [0.15, 0.2) is 0 Å². The van der Waals surface area contributed by atoms with Crippen LogP contribution in [0, 0.1) is 0 Å². The quantitative estimate of drug-likeness (QED) is 0.853. The van der Waals surface area contributed by atoms with Crippen LogP contribution >= 0.6 is 11.6 Å². The fourth-order valence-corrected chi connectivity index (χ4v) is 3.24. The Balaban J connectivity index is 1.98. The molecule has 2 aromatic rings. The molecule has 0 bridgehead atoms. The van der Waals surface area contributed by atoms with Crippen molar-refractivity contribution >= 4 is 11.6 Å². The van der Waals surface area contributed by atoms with Crippen molar-refractivity contribution in [2.24, 2.45) is 0 Å². The normalized spacial score (nSPS) is 18.6. The predicted octanol–water partition coefficient (Wildman–Crippen LogP) is 3.68. The number of rotatable bonds is 3. The van der Waals surface area contributed by atoms with E-state index in [0.29, 0.717) is 0 Å². The molecule has 0 spiro atoms. The molecule has 0 saturated carbocycles. The average Bonchev–Trinajstić information content (AvgIpc) is 2.52. The molecule has 21 heavy (non-hydrogen) atoms. The maximum absolute atomic E-state index is 6.48. The van der Waals surface area contributed by atoms with Crippen LogP contribution in [0.4, 0.5) is 0 Å². The first kappa shape index (κ1) is 14.6. The lowest BCUT2D eigenvalue weighted by atomic mass is 9.96. The highest BCUT2D eigenvalue weighted by Gasteiger charge is 2.26. The second-order valence-corrected chi connectivity index (χ2v) is 6.08. The minimum atomic E-state index is 0.244. The summed E-state index contributed by atoms with van der Waals surface area (Å²) in [5.74, 6) is 0. The smallest absolute Gasteiger partial charge is 0.0617 e. The van der Waals surface area contributed by atoms with Crippen LogP contribution < -0.4 is 0 Å². The number of hydrogen-bond acceptors (Lipinski definition) is 2. The fourth-order valence-electron chi connectivity index (χ4n) is 3.00. The van der Waals surface area contributed by atoms with Crippen LogP contribution in [0.2, 0.25) is 5.02 Å². The van der Waals surface area contributed by atoms with Crippen molar-refractivity contribution in [2.75, 3.05) is 33.2 Å². The number of nitrogens with zero attached hydrogens (tertiary/aromatic N) is 2. The second-order valence-electron chi connectivity index (χ2n) is 5.67. The van der Waals surface area contributed by atoms with Gasteiger partial charge in [-0.05, 0) is 24.2 Å². The van der Waals surface area contributed by atoms with Gasteiger partial charge in [-0.1, -0.05) is 60.1 Å². The van der Waals surface area contributed by atoms with E-state index in [1.54, 1.807) is 0 Å². The average molecular weight is 301 g/mol. The molecule has 2 nitrogen and oxygen atoms in total. The van der Waals surface area contributed by atoms with Gasteiger partial charge in [0.05, 0.1) is 6.04 Å². The highest BCUT2D eigenvalue weighted by atomic mass is 35.5. The molecule has 1 unspecified atom stereocenters. The summed E-state index contributed by atoms with van der Waals surface area (Å²) in [6.07, 6.45) is 0. The largest absolute Gasteiger partial charge is 0.304 e. The number of hydrogen-bond donors (Lipinski definition) is 0. The molecule has 1 saturated heterocycles. The zero-order valence-corrected chi connectivity index (χ0v) is 13.1. The van der Waals surface area contributed by atoms with Crippen molar-refractivity contribution in [3.05, 3.63) is 70.7 Å². The van der Waals surface area contributed by atoms with Gasteiger partial charge < -0.3 is 4.90 Å². The van der Waals surface area contributed by atoms with Crippen molar-refractivity contribution in [1.82, 2.24) is 9.80 Å². The Hall–Kier alpha value is -1.35. The Labute approximate surface area is 131 Å². The minimum absolute atomic E-state index is 0.244. The van der Waals surface area contributed by atoms with Crippen LogP contribution in [0.3, 0.4) is 0 Å². The highest BCUT2D eigenvalue weighted by Crippen LogP contribution is 2.33. The molecule has 110 valence electrons. The number of halogens is 1. The van der Waals surface area contributed by atoms with E-state index in [0.717, 1.165) is 31.2 Å². The van der Waals surface area contributed by atoms with Crippen LogP contribution in [0.25, 0.3) is 0 Å². The summed E-state index contributed by atoms with van der Waals surface area (Å²) in [6.45, 7) is 4.35. The van der Waals surface area contributed by atoms with Crippen molar-refractivity contribution in [3.63, 3.8) is 0 Å². The first-order valence-corrected chi connectivity index (χ1v) is 7.85. The van der Waals surface area contributed by atoms with Crippen LogP contribution in [-0.2, 0) is 0 Å². The van der Waals surface area contributed by atoms with Gasteiger partial charge in [-0.15, -0.1) is 0 Å². The molecule has 3 heteroatoms. The monoisotopic (exact) mass is 300 g/mol. The maximum atomic E-state index is 6.48. The maximum Gasteiger partial charge on any atom is 0.0617 e. The van der Waals surface area contributed by atoms with Gasteiger partial charge in [-0.25, -0.2) is 0 Å². The molecule has 3 rings (SSSR count). The summed E-state index contributed by atoms with van der Waals surface area (Å²) in [4.78, 5) is 4.92. The molecule has 0 amide bonds. The number of likely N-dealkylation sites (N-methyl/N-ethyl adjacent to an activating group) is 1. The third-order valence-corrected chi connectivity index (χ3v) is 4.56. The lowest BCUT2D eigenvalue weighted by Gasteiger charge is -2.38. The first-order chi connectivity index (χ1) is 10.3. The molecule has 1 heterocycles. The molecule has 1 aliphatic heterocycles. The van der Waals surface area contributed by atoms with Crippen LogP contribution in [0.15, 0.2) is 54.6 Å². The summed E-state index contributed by atoms with van der Waals surface area (Å²) in [5, 5.41) is 0.852. The van der Waals surface area contributed by atoms with Gasteiger partial charge in [0, 0.05) is 31.2 Å². The summed E-state index contributed by atoms with van der Waals surface area (Å²) in [6, 6.07) is 19.1. The van der Waals surface area contributed by atoms with E-state index >= 15 is 0 Å². The molecular formula is C18H21ClN2. The van der Waals surface area contributed by atoms with E-state index < -0.39 is 0 Å². The second kappa shape index (κ2) is 6.61. The van der Waals surface area contributed by atoms with E-state index in [1.165, 1.54) is 11.1 Å². The SMILES string of the molecule is CN1CCN(C(c2ccccc2)c2ccccc2Cl)CC1. The van der Waals surface area contributed by atoms with Crippen molar-refractivity contribution in [3.8, 4) is 0 Å². The van der Waals surface area contributed by atoms with Gasteiger partial charge in [0.25, 0.3) is 0 Å². The van der Waals surface area contributed by atoms with Crippen molar-refractivity contribution in [1.29, 1.82) is 0 Å². The molecule has 1 fully saturated rings. The van der Waals surface area contributed by atoms with Crippen molar-refractivity contribution in [2.45, 2.75) is 6.04 Å². The van der Waals surface area contributed by atoms with Gasteiger partial charge in [-0.2, -0.15) is 0 Å². The zero-order valence-electron chi connectivity index (χ0n) is 12.4. The van der Waals surface area contributed by atoms with E-state index in [-0.39, 0.29) is 6.04 Å². The van der Waals surface area contributed by atoms with E-state index in [4.69, 9.17) is 11.6 Å². The minimum Gasteiger partial charge on any atom is -0.304 e. The van der Waals surface area contributed by atoms with Gasteiger partial charge in [-0.3, -0.25) is 4.90 Å². The topological polar surface area (TPSA) is 6.48 Å². The molecular weight excluding hydrogens is 280 g/mol. The predicted molar refractivity (Wildman–Crippen MR) is 88.8 cm³/mol. The van der Waals surface area contributed by atoms with Crippen LogP contribution in [0.5, 0.6) is 0 Å². The zero-order chi connectivity index (χ0) is 14.7. The standard InChI is InChI=1S/C18H21ClN2/c1-20-11-13-21(14-12-20)18(15-7-3-2-4-8-15)16-9-5-6-10-17(16)19/h2-10,18H,11-14H2,1H3. The number of piperazine rings is 1. The van der Waals surface area contributed by atoms with Crippen LogP contribution in [0.1, 0.15) is 17.2 Å². The molecule has 0 aliphatic carbocycles. The van der Waals surface area contributed by atoms with Gasteiger partial charge in [0.2, 0.25) is 0 Å². The summed E-state index contributed by atoms with van der Waals surface area (Å²) in [7, 11) is 2.18. The molecule has 0 radical (unpaired) electrons. The Morgan fingerprint density at radius 1 is 0.857 bits per heavy atom. The molecule has 1 aliphatic rings. The molecule has 2 aromatic carbocycles. The molecule has 0 N–H and O–H groups in total. The fraction of sp³-hybridized carbons (Fsp3) is 0.333. The summed E-state index contributed by atoms with van der Waals surface area (Å²) < 4.78 is 0. The van der Waals surface area contributed by atoms with Crippen molar-refractivity contribution < 1.29 is 0 Å². The van der Waals surface area contributed by atoms with E-state index in [2.05, 4.69) is 59.3 Å². The van der Waals surface area contributed by atoms with Gasteiger partial charge >= 0.3 is 0 Å². The molecule has 0 aromatic heterocycles. The Kier molecular flexibility index (Phi) is 4.59.